The van der Waals surface area contributed by atoms with Gasteiger partial charge >= 0.3 is 11.9 Å². The number of rotatable bonds is 9. The van der Waals surface area contributed by atoms with E-state index in [0.717, 1.165) is 24.1 Å². The molecule has 11 heteroatoms. The fourth-order valence-electron chi connectivity index (χ4n) is 4.25. The molecule has 0 aromatic heterocycles. The summed E-state index contributed by atoms with van der Waals surface area (Å²) in [6.45, 7) is 0.786. The molecule has 1 aliphatic heterocycles. The quantitative estimate of drug-likeness (QED) is 0.369. The number of amides is 1. The number of carboxylic acid groups (broad SMARTS) is 2. The molecule has 0 aliphatic carbocycles. The smallest absolute Gasteiger partial charge is 0.414 e. The number of aliphatic carboxylic acids is 2. The van der Waals surface area contributed by atoms with E-state index in [-0.39, 0.29) is 12.3 Å². The maximum absolute atomic E-state index is 11.7. The zero-order chi connectivity index (χ0) is 26.9. The van der Waals surface area contributed by atoms with Crippen molar-refractivity contribution in [1.82, 2.24) is 5.32 Å². The monoisotopic (exact) mass is 504 g/mol. The van der Waals surface area contributed by atoms with E-state index in [0.29, 0.717) is 35.8 Å². The van der Waals surface area contributed by atoms with Crippen LogP contribution in [0.4, 0.5) is 0 Å². The van der Waals surface area contributed by atoms with Crippen molar-refractivity contribution in [3.05, 3.63) is 47.0 Å². The average molecular weight is 505 g/mol. The highest BCUT2D eigenvalue weighted by Crippen LogP contribution is 2.42. The summed E-state index contributed by atoms with van der Waals surface area (Å²) < 4.78 is 21.9. The van der Waals surface area contributed by atoms with E-state index in [9.17, 15) is 4.79 Å². The molecule has 0 radical (unpaired) electrons. The standard InChI is InChI=1S/C23H30N2O5.C2H2O4/c1-27-18-6-5-15(11-19(18)28-2)14-23(9-7-22(24)26)17-13-21(30-4)20(29-3)12-16(17)8-10-25-23;3-1(4)2(5)6/h5-6,11-13,25H,7-10,14H2,1-4H3,(H2,24,26);(H,3,4)(H,5,6)/t23-;/m1./s1. The number of hydrogen-bond acceptors (Lipinski definition) is 8. The van der Waals surface area contributed by atoms with Crippen molar-refractivity contribution >= 4 is 17.8 Å². The summed E-state index contributed by atoms with van der Waals surface area (Å²) >= 11 is 0. The highest BCUT2D eigenvalue weighted by atomic mass is 16.5. The maximum atomic E-state index is 11.7. The van der Waals surface area contributed by atoms with Crippen LogP contribution in [0.15, 0.2) is 30.3 Å². The second-order valence-corrected chi connectivity index (χ2v) is 8.07. The molecule has 11 nitrogen and oxygen atoms in total. The molecule has 36 heavy (non-hydrogen) atoms. The SMILES string of the molecule is COc1ccc(C[C@@]2(CCC(N)=O)NCCc3cc(OC)c(OC)cc32)cc1OC.O=C(O)C(=O)O. The van der Waals surface area contributed by atoms with Crippen molar-refractivity contribution in [1.29, 1.82) is 0 Å². The number of nitrogens with one attached hydrogen (secondary N) is 1. The number of benzene rings is 2. The number of carbonyl (C=O) groups excluding carboxylic acids is 1. The molecule has 0 spiro atoms. The normalized spacial score (nSPS) is 16.0. The van der Waals surface area contributed by atoms with Crippen LogP contribution in [0, 0.1) is 0 Å². The van der Waals surface area contributed by atoms with E-state index < -0.39 is 17.5 Å². The van der Waals surface area contributed by atoms with Crippen molar-refractivity contribution in [3.63, 3.8) is 0 Å². The number of carbonyl (C=O) groups is 3. The molecule has 0 bridgehead atoms. The number of ether oxygens (including phenoxy) is 4. The Morgan fingerprint density at radius 2 is 1.44 bits per heavy atom. The first kappa shape index (κ1) is 28.2. The van der Waals surface area contributed by atoms with E-state index in [1.54, 1.807) is 28.4 Å². The van der Waals surface area contributed by atoms with Gasteiger partial charge in [0.25, 0.3) is 0 Å². The average Bonchev–Trinajstić information content (AvgIpc) is 2.87. The van der Waals surface area contributed by atoms with Crippen LogP contribution in [0.25, 0.3) is 0 Å². The molecule has 196 valence electrons. The summed E-state index contributed by atoms with van der Waals surface area (Å²) in [4.78, 5) is 29.9. The van der Waals surface area contributed by atoms with Crippen LogP contribution in [0.3, 0.4) is 0 Å². The van der Waals surface area contributed by atoms with Crippen molar-refractivity contribution in [2.45, 2.75) is 31.2 Å². The van der Waals surface area contributed by atoms with Crippen molar-refractivity contribution in [3.8, 4) is 23.0 Å². The predicted octanol–water partition coefficient (Wildman–Crippen LogP) is 1.73. The first-order chi connectivity index (χ1) is 17.1. The third-order valence-corrected chi connectivity index (χ3v) is 5.92. The van der Waals surface area contributed by atoms with Gasteiger partial charge in [-0.25, -0.2) is 9.59 Å². The van der Waals surface area contributed by atoms with Gasteiger partial charge in [-0.1, -0.05) is 6.07 Å². The van der Waals surface area contributed by atoms with Crippen LogP contribution in [0.2, 0.25) is 0 Å². The van der Waals surface area contributed by atoms with Gasteiger partial charge in [0.2, 0.25) is 5.91 Å². The fraction of sp³-hybridized carbons (Fsp3) is 0.400. The van der Waals surface area contributed by atoms with Gasteiger partial charge in [0.1, 0.15) is 0 Å². The number of hydrogen-bond donors (Lipinski definition) is 4. The molecule has 1 atom stereocenters. The molecule has 1 heterocycles. The third kappa shape index (κ3) is 6.79. The Balaban J connectivity index is 0.000000678. The van der Waals surface area contributed by atoms with E-state index in [4.69, 9.17) is 44.5 Å². The largest absolute Gasteiger partial charge is 0.493 e. The molecule has 2 aromatic rings. The van der Waals surface area contributed by atoms with Gasteiger partial charge in [0.15, 0.2) is 23.0 Å². The zero-order valence-electron chi connectivity index (χ0n) is 20.8. The molecule has 5 N–H and O–H groups in total. The Hall–Kier alpha value is -3.99. The number of methoxy groups -OCH3 is 4. The summed E-state index contributed by atoms with van der Waals surface area (Å²) in [5.41, 5.74) is 8.39. The topological polar surface area (TPSA) is 167 Å². The highest BCUT2D eigenvalue weighted by Gasteiger charge is 2.38. The maximum Gasteiger partial charge on any atom is 0.414 e. The number of fused-ring (bicyclic) bond motifs is 1. The molecular weight excluding hydrogens is 472 g/mol. The van der Waals surface area contributed by atoms with Gasteiger partial charge in [-0.2, -0.15) is 0 Å². The summed E-state index contributed by atoms with van der Waals surface area (Å²) in [5, 5.41) is 18.5. The minimum Gasteiger partial charge on any atom is -0.493 e. The summed E-state index contributed by atoms with van der Waals surface area (Å²) in [7, 11) is 6.50. The first-order valence-corrected chi connectivity index (χ1v) is 11.1. The molecule has 0 saturated carbocycles. The molecular formula is C25H32N2O9. The second-order valence-electron chi connectivity index (χ2n) is 8.07. The lowest BCUT2D eigenvalue weighted by Gasteiger charge is -2.41. The lowest BCUT2D eigenvalue weighted by Crippen LogP contribution is -2.49. The molecule has 0 fully saturated rings. The van der Waals surface area contributed by atoms with Crippen molar-refractivity contribution < 1.29 is 43.5 Å². The lowest BCUT2D eigenvalue weighted by molar-refractivity contribution is -0.159. The van der Waals surface area contributed by atoms with Gasteiger partial charge in [0, 0.05) is 18.5 Å². The molecule has 1 amide bonds. The van der Waals surface area contributed by atoms with Crippen LogP contribution >= 0.6 is 0 Å². The van der Waals surface area contributed by atoms with E-state index in [2.05, 4.69) is 5.32 Å². The second kappa shape index (κ2) is 12.6. The summed E-state index contributed by atoms with van der Waals surface area (Å²) in [5.74, 6) is -1.26. The number of carboxylic acids is 2. The Morgan fingerprint density at radius 3 is 1.97 bits per heavy atom. The lowest BCUT2D eigenvalue weighted by atomic mass is 9.75. The summed E-state index contributed by atoms with van der Waals surface area (Å²) in [6.07, 6.45) is 2.36. The third-order valence-electron chi connectivity index (χ3n) is 5.92. The van der Waals surface area contributed by atoms with E-state index in [1.165, 1.54) is 5.56 Å². The summed E-state index contributed by atoms with van der Waals surface area (Å²) in [6, 6.07) is 9.94. The molecule has 1 aliphatic rings. The Bertz CT molecular complexity index is 1090. The van der Waals surface area contributed by atoms with Gasteiger partial charge in [-0.3, -0.25) is 4.79 Å². The predicted molar refractivity (Wildman–Crippen MR) is 130 cm³/mol. The van der Waals surface area contributed by atoms with Crippen LogP contribution in [-0.4, -0.2) is 63.0 Å². The number of primary amides is 1. The number of nitrogens with two attached hydrogens (primary N) is 1. The van der Waals surface area contributed by atoms with Crippen LogP contribution in [-0.2, 0) is 32.8 Å². The zero-order valence-corrected chi connectivity index (χ0v) is 20.8. The molecule has 0 saturated heterocycles. The minimum absolute atomic E-state index is 0.272. The van der Waals surface area contributed by atoms with Gasteiger partial charge < -0.3 is 40.2 Å². The van der Waals surface area contributed by atoms with Gasteiger partial charge in [-0.15, -0.1) is 0 Å². The molecule has 0 unspecified atom stereocenters. The Labute approximate surface area is 209 Å². The minimum atomic E-state index is -1.82. The fourth-order valence-corrected chi connectivity index (χ4v) is 4.25. The Kier molecular flexibility index (Phi) is 9.92. The highest BCUT2D eigenvalue weighted by molar-refractivity contribution is 6.27. The van der Waals surface area contributed by atoms with Crippen molar-refractivity contribution in [2.75, 3.05) is 35.0 Å². The van der Waals surface area contributed by atoms with Crippen LogP contribution < -0.4 is 30.0 Å². The van der Waals surface area contributed by atoms with Crippen LogP contribution in [0.5, 0.6) is 23.0 Å². The Morgan fingerprint density at radius 1 is 0.889 bits per heavy atom. The van der Waals surface area contributed by atoms with E-state index >= 15 is 0 Å². The van der Waals surface area contributed by atoms with Gasteiger partial charge in [0.05, 0.1) is 28.4 Å². The van der Waals surface area contributed by atoms with E-state index in [1.807, 2.05) is 30.3 Å². The van der Waals surface area contributed by atoms with Crippen LogP contribution in [0.1, 0.15) is 29.5 Å². The van der Waals surface area contributed by atoms with Crippen molar-refractivity contribution in [2.24, 2.45) is 5.73 Å². The first-order valence-electron chi connectivity index (χ1n) is 11.1. The van der Waals surface area contributed by atoms with Gasteiger partial charge in [-0.05, 0) is 60.2 Å². The molecule has 2 aromatic carbocycles. The molecule has 3 rings (SSSR count).